The number of hydrogen-bond acceptors (Lipinski definition) is 5. The molecule has 1 amide bonds. The summed E-state index contributed by atoms with van der Waals surface area (Å²) in [5.74, 6) is -0.0496. The Morgan fingerprint density at radius 3 is 2.61 bits per heavy atom. The van der Waals surface area contributed by atoms with E-state index in [4.69, 9.17) is 15.9 Å². The average molecular weight is 384 g/mol. The molecule has 2 saturated heterocycles. The minimum absolute atomic E-state index is 0.00403. The average Bonchev–Trinajstić information content (AvgIpc) is 2.70. The van der Waals surface area contributed by atoms with Gasteiger partial charge in [-0.2, -0.15) is 0 Å². The van der Waals surface area contributed by atoms with Gasteiger partial charge in [-0.15, -0.1) is 0 Å². The number of aldehydes is 1. The first-order valence-corrected chi connectivity index (χ1v) is 9.69. The molecule has 3 rings (SSSR count). The van der Waals surface area contributed by atoms with Crippen molar-refractivity contribution < 1.29 is 14.3 Å². The summed E-state index contributed by atoms with van der Waals surface area (Å²) in [6.45, 7) is 4.82. The Labute approximate surface area is 165 Å². The van der Waals surface area contributed by atoms with Crippen molar-refractivity contribution in [2.45, 2.75) is 37.9 Å². The van der Waals surface area contributed by atoms with E-state index in [1.807, 2.05) is 42.2 Å². The van der Waals surface area contributed by atoms with Crippen LogP contribution in [0.15, 0.2) is 42.0 Å². The van der Waals surface area contributed by atoms with Gasteiger partial charge in [0.1, 0.15) is 18.2 Å². The highest BCUT2D eigenvalue weighted by Crippen LogP contribution is 2.35. The molecule has 28 heavy (non-hydrogen) atoms. The number of likely N-dealkylation sites (tertiary alicyclic amines) is 1. The Morgan fingerprint density at radius 1 is 1.32 bits per heavy atom. The zero-order valence-electron chi connectivity index (χ0n) is 16.3. The summed E-state index contributed by atoms with van der Waals surface area (Å²) in [5.41, 5.74) is 6.68. The van der Waals surface area contributed by atoms with Gasteiger partial charge >= 0.3 is 0 Å². The molecule has 0 aromatic heterocycles. The Bertz CT molecular complexity index is 754. The number of rotatable bonds is 6. The molecule has 1 aromatic carbocycles. The molecule has 2 aliphatic heterocycles. The second-order valence-corrected chi connectivity index (χ2v) is 7.54. The van der Waals surface area contributed by atoms with Gasteiger partial charge in [-0.3, -0.25) is 15.0 Å². The summed E-state index contributed by atoms with van der Waals surface area (Å²) in [6, 6.07) is 9.75. The largest absolute Gasteiger partial charge is 0.384 e. The molecule has 2 heterocycles. The van der Waals surface area contributed by atoms with Crippen LogP contribution in [0.5, 0.6) is 0 Å². The third kappa shape index (κ3) is 4.48. The maximum atomic E-state index is 12.6. The molecule has 0 saturated carbocycles. The van der Waals surface area contributed by atoms with Gasteiger partial charge in [0.2, 0.25) is 0 Å². The molecule has 1 unspecified atom stereocenters. The van der Waals surface area contributed by atoms with Crippen molar-refractivity contribution >= 4 is 23.7 Å². The van der Waals surface area contributed by atoms with Crippen molar-refractivity contribution in [1.29, 1.82) is 5.41 Å². The monoisotopic (exact) mass is 384 g/mol. The smallest absolute Gasteiger partial charge is 0.255 e. The lowest BCUT2D eigenvalue weighted by Crippen LogP contribution is -2.61. The SMILES string of the molecule is CC1OC2(CCN(CC/C(=C/C=O)C(=N)N)CC2)CN(c2ccccc2)C1=O. The van der Waals surface area contributed by atoms with Crippen molar-refractivity contribution in [3.8, 4) is 0 Å². The number of benzene rings is 1. The van der Waals surface area contributed by atoms with E-state index in [1.165, 1.54) is 6.08 Å². The molecule has 0 radical (unpaired) electrons. The van der Waals surface area contributed by atoms with E-state index < -0.39 is 6.10 Å². The molecule has 1 spiro atoms. The number of hydrogen-bond donors (Lipinski definition) is 2. The van der Waals surface area contributed by atoms with E-state index in [0.29, 0.717) is 24.8 Å². The normalized spacial score (nSPS) is 23.0. The molecule has 0 aliphatic carbocycles. The second-order valence-electron chi connectivity index (χ2n) is 7.54. The maximum absolute atomic E-state index is 12.6. The predicted molar refractivity (Wildman–Crippen MR) is 108 cm³/mol. The van der Waals surface area contributed by atoms with E-state index in [9.17, 15) is 9.59 Å². The van der Waals surface area contributed by atoms with Crippen LogP contribution < -0.4 is 10.6 Å². The zero-order valence-corrected chi connectivity index (χ0v) is 16.3. The Balaban J connectivity index is 1.62. The van der Waals surface area contributed by atoms with Gasteiger partial charge in [0.05, 0.1) is 12.1 Å². The molecular formula is C21H28N4O3. The molecular weight excluding hydrogens is 356 g/mol. The summed E-state index contributed by atoms with van der Waals surface area (Å²) in [5, 5.41) is 7.55. The van der Waals surface area contributed by atoms with Gasteiger partial charge in [0.15, 0.2) is 0 Å². The number of amidine groups is 1. The molecule has 1 aromatic rings. The lowest BCUT2D eigenvalue weighted by molar-refractivity contribution is -0.161. The van der Waals surface area contributed by atoms with Crippen LogP contribution >= 0.6 is 0 Å². The summed E-state index contributed by atoms with van der Waals surface area (Å²) in [6.07, 6.45) is 3.83. The summed E-state index contributed by atoms with van der Waals surface area (Å²) >= 11 is 0. The fourth-order valence-corrected chi connectivity index (χ4v) is 4.00. The highest BCUT2D eigenvalue weighted by Gasteiger charge is 2.45. The lowest BCUT2D eigenvalue weighted by Gasteiger charge is -2.49. The standard InChI is InChI=1S/C21H28N4O3/c1-16-20(27)25(18-5-3-2-4-6-18)15-21(28-16)9-12-24(13-10-21)11-7-17(8-14-26)19(22)23/h2-6,8,14,16H,7,9-13,15H2,1H3,(H3,22,23)/b17-8-. The number of nitrogens with zero attached hydrogens (tertiary/aromatic N) is 2. The van der Waals surface area contributed by atoms with Crippen LogP contribution in [0.4, 0.5) is 5.69 Å². The lowest BCUT2D eigenvalue weighted by atomic mass is 9.88. The number of allylic oxidation sites excluding steroid dienone is 1. The van der Waals surface area contributed by atoms with Gasteiger partial charge in [-0.1, -0.05) is 18.2 Å². The van der Waals surface area contributed by atoms with Gasteiger partial charge < -0.3 is 20.3 Å². The summed E-state index contributed by atoms with van der Waals surface area (Å²) in [4.78, 5) is 27.5. The quantitative estimate of drug-likeness (QED) is 0.337. The molecule has 2 fully saturated rings. The van der Waals surface area contributed by atoms with Crippen LogP contribution in [0.25, 0.3) is 0 Å². The highest BCUT2D eigenvalue weighted by atomic mass is 16.5. The third-order valence-corrected chi connectivity index (χ3v) is 5.63. The van der Waals surface area contributed by atoms with Crippen molar-refractivity contribution in [3.63, 3.8) is 0 Å². The minimum atomic E-state index is -0.458. The first-order valence-electron chi connectivity index (χ1n) is 9.69. The molecule has 1 atom stereocenters. The Kier molecular flexibility index (Phi) is 6.26. The molecule has 3 N–H and O–H groups in total. The van der Waals surface area contributed by atoms with Gasteiger partial charge in [0.25, 0.3) is 5.91 Å². The van der Waals surface area contributed by atoms with E-state index in [2.05, 4.69) is 4.90 Å². The van der Waals surface area contributed by atoms with Crippen LogP contribution in [0.1, 0.15) is 26.2 Å². The van der Waals surface area contributed by atoms with Crippen molar-refractivity contribution in [2.75, 3.05) is 31.1 Å². The first-order chi connectivity index (χ1) is 13.4. The fraction of sp³-hybridized carbons (Fsp3) is 0.476. The van der Waals surface area contributed by atoms with E-state index >= 15 is 0 Å². The number of piperidine rings is 1. The maximum Gasteiger partial charge on any atom is 0.255 e. The third-order valence-electron chi connectivity index (χ3n) is 5.63. The molecule has 7 nitrogen and oxygen atoms in total. The molecule has 150 valence electrons. The second kappa shape index (κ2) is 8.67. The van der Waals surface area contributed by atoms with Gasteiger partial charge in [0, 0.05) is 25.3 Å². The number of carbonyl (C=O) groups is 2. The van der Waals surface area contributed by atoms with Crippen LogP contribution in [0.2, 0.25) is 0 Å². The van der Waals surface area contributed by atoms with E-state index in [0.717, 1.165) is 38.2 Å². The topological polar surface area (TPSA) is 99.7 Å². The number of morpholine rings is 1. The van der Waals surface area contributed by atoms with Crippen molar-refractivity contribution in [1.82, 2.24) is 4.90 Å². The predicted octanol–water partition coefficient (Wildman–Crippen LogP) is 1.72. The zero-order chi connectivity index (χ0) is 20.1. The number of amides is 1. The number of carbonyl (C=O) groups excluding carboxylic acids is 2. The number of ether oxygens (including phenoxy) is 1. The van der Waals surface area contributed by atoms with Crippen molar-refractivity contribution in [2.24, 2.45) is 5.73 Å². The van der Waals surface area contributed by atoms with Crippen LogP contribution in [-0.4, -0.2) is 60.8 Å². The van der Waals surface area contributed by atoms with Gasteiger partial charge in [-0.25, -0.2) is 0 Å². The number of para-hydroxylation sites is 1. The fourth-order valence-electron chi connectivity index (χ4n) is 4.00. The number of nitrogens with one attached hydrogen (secondary N) is 1. The van der Waals surface area contributed by atoms with Crippen LogP contribution in [0.3, 0.4) is 0 Å². The Hall–Kier alpha value is -2.51. The van der Waals surface area contributed by atoms with E-state index in [-0.39, 0.29) is 17.3 Å². The number of nitrogens with two attached hydrogens (primary N) is 1. The first kappa shape index (κ1) is 20.2. The highest BCUT2D eigenvalue weighted by molar-refractivity contribution is 5.97. The summed E-state index contributed by atoms with van der Waals surface area (Å²) < 4.78 is 6.20. The Morgan fingerprint density at radius 2 is 2.00 bits per heavy atom. The molecule has 7 heteroatoms. The van der Waals surface area contributed by atoms with Crippen LogP contribution in [0, 0.1) is 5.41 Å². The molecule has 2 aliphatic rings. The van der Waals surface area contributed by atoms with Crippen LogP contribution in [-0.2, 0) is 14.3 Å². The van der Waals surface area contributed by atoms with E-state index in [1.54, 1.807) is 0 Å². The van der Waals surface area contributed by atoms with Crippen molar-refractivity contribution in [3.05, 3.63) is 42.0 Å². The summed E-state index contributed by atoms with van der Waals surface area (Å²) in [7, 11) is 0. The molecule has 0 bridgehead atoms. The number of anilines is 1. The van der Waals surface area contributed by atoms with Gasteiger partial charge in [-0.05, 0) is 50.0 Å². The minimum Gasteiger partial charge on any atom is -0.384 e.